The quantitative estimate of drug-likeness (QED) is 0.782. The van der Waals surface area contributed by atoms with E-state index in [2.05, 4.69) is 0 Å². The van der Waals surface area contributed by atoms with Crippen LogP contribution in [0.4, 0.5) is 10.1 Å². The highest BCUT2D eigenvalue weighted by atomic mass is 19.1. The minimum atomic E-state index is -0.821. The molecular formula is C12H12FNO3. The van der Waals surface area contributed by atoms with E-state index >= 15 is 0 Å². The molecule has 90 valence electrons. The molecule has 1 aromatic carbocycles. The summed E-state index contributed by atoms with van der Waals surface area (Å²) in [6, 6.07) is 2.75. The van der Waals surface area contributed by atoms with E-state index in [0.717, 1.165) is 4.90 Å². The average molecular weight is 237 g/mol. The number of β-amino-alcohol motifs (C(OH)–C–C–N with tert-alkyl or cyclic N) is 1. The number of anilines is 1. The van der Waals surface area contributed by atoms with Gasteiger partial charge in [-0.25, -0.2) is 4.39 Å². The lowest BCUT2D eigenvalue weighted by molar-refractivity contribution is -0.114. The van der Waals surface area contributed by atoms with E-state index in [1.165, 1.54) is 19.1 Å². The van der Waals surface area contributed by atoms with Crippen LogP contribution in [-0.4, -0.2) is 29.4 Å². The van der Waals surface area contributed by atoms with Crippen LogP contribution in [0.3, 0.4) is 0 Å². The first-order valence-corrected chi connectivity index (χ1v) is 5.26. The number of aliphatic hydroxyl groups is 1. The van der Waals surface area contributed by atoms with Crippen molar-refractivity contribution in [3.8, 4) is 0 Å². The number of hydrogen-bond acceptors (Lipinski definition) is 3. The maximum atomic E-state index is 13.8. The maximum Gasteiger partial charge on any atom is 0.299 e. The van der Waals surface area contributed by atoms with E-state index in [1.54, 1.807) is 6.92 Å². The highest BCUT2D eigenvalue weighted by Crippen LogP contribution is 2.32. The van der Waals surface area contributed by atoms with Gasteiger partial charge in [0.1, 0.15) is 5.82 Å². The molecule has 0 spiro atoms. The molecule has 0 bridgehead atoms. The van der Waals surface area contributed by atoms with Crippen LogP contribution in [0.1, 0.15) is 22.8 Å². The largest absolute Gasteiger partial charge is 0.392 e. The summed E-state index contributed by atoms with van der Waals surface area (Å²) in [7, 11) is 0. The number of rotatable bonds is 2. The summed E-state index contributed by atoms with van der Waals surface area (Å²) in [4.78, 5) is 24.3. The monoisotopic (exact) mass is 237 g/mol. The first kappa shape index (κ1) is 11.7. The third-order valence-corrected chi connectivity index (χ3v) is 2.61. The van der Waals surface area contributed by atoms with E-state index in [4.69, 9.17) is 0 Å². The fourth-order valence-corrected chi connectivity index (χ4v) is 1.96. The number of Topliss-reactive ketones (excluding diaryl/α,β-unsaturated/α-hetero) is 1. The molecule has 4 nitrogen and oxygen atoms in total. The molecule has 0 radical (unpaired) electrons. The predicted octanol–water partition coefficient (Wildman–Crippen LogP) is 1.04. The van der Waals surface area contributed by atoms with Crippen molar-refractivity contribution >= 4 is 17.4 Å². The minimum Gasteiger partial charge on any atom is -0.392 e. The molecule has 1 aliphatic rings. The van der Waals surface area contributed by atoms with Gasteiger partial charge in [-0.1, -0.05) is 0 Å². The van der Waals surface area contributed by atoms with Gasteiger partial charge in [-0.3, -0.25) is 14.5 Å². The van der Waals surface area contributed by atoms with Crippen molar-refractivity contribution < 1.29 is 19.1 Å². The lowest BCUT2D eigenvalue weighted by atomic mass is 10.1. The number of carbonyl (C=O) groups excluding carboxylic acids is 2. The molecule has 1 heterocycles. The molecule has 2 rings (SSSR count). The van der Waals surface area contributed by atoms with Crippen molar-refractivity contribution in [1.82, 2.24) is 0 Å². The van der Waals surface area contributed by atoms with Gasteiger partial charge >= 0.3 is 0 Å². The predicted molar refractivity (Wildman–Crippen MR) is 59.5 cm³/mol. The van der Waals surface area contributed by atoms with Gasteiger partial charge in [0.25, 0.3) is 11.7 Å². The summed E-state index contributed by atoms with van der Waals surface area (Å²) in [5, 5.41) is 9.26. The Labute approximate surface area is 97.7 Å². The number of fused-ring (bicyclic) bond motifs is 1. The number of hydrogen-bond donors (Lipinski definition) is 1. The summed E-state index contributed by atoms with van der Waals surface area (Å²) in [5.41, 5.74) is 0.640. The first-order chi connectivity index (χ1) is 7.91. The third-order valence-electron chi connectivity index (χ3n) is 2.61. The second-order valence-electron chi connectivity index (χ2n) is 4.24. The Hall–Kier alpha value is -1.75. The molecule has 0 saturated heterocycles. The van der Waals surface area contributed by atoms with Crippen molar-refractivity contribution in [3.63, 3.8) is 0 Å². The molecule has 1 atom stereocenters. The Morgan fingerprint density at radius 1 is 1.41 bits per heavy atom. The van der Waals surface area contributed by atoms with Crippen LogP contribution in [0.25, 0.3) is 0 Å². The second-order valence-corrected chi connectivity index (χ2v) is 4.24. The summed E-state index contributed by atoms with van der Waals surface area (Å²) >= 11 is 0. The summed E-state index contributed by atoms with van der Waals surface area (Å²) in [6.07, 6.45) is -0.821. The fraction of sp³-hybridized carbons (Fsp3) is 0.333. The van der Waals surface area contributed by atoms with Crippen molar-refractivity contribution in [2.24, 2.45) is 0 Å². The van der Waals surface area contributed by atoms with Gasteiger partial charge in [0, 0.05) is 0 Å². The number of aliphatic hydroxyl groups excluding tert-OH is 1. The van der Waals surface area contributed by atoms with Crippen LogP contribution < -0.4 is 4.90 Å². The minimum absolute atomic E-state index is 0.0218. The highest BCUT2D eigenvalue weighted by Gasteiger charge is 2.38. The Kier molecular flexibility index (Phi) is 2.71. The molecule has 0 aliphatic carbocycles. The zero-order chi connectivity index (χ0) is 12.7. The van der Waals surface area contributed by atoms with Crippen LogP contribution in [0.15, 0.2) is 12.1 Å². The zero-order valence-electron chi connectivity index (χ0n) is 9.53. The molecule has 1 N–H and O–H groups in total. The topological polar surface area (TPSA) is 57.6 Å². The lowest BCUT2D eigenvalue weighted by Crippen LogP contribution is -2.35. The Balaban J connectivity index is 2.56. The Morgan fingerprint density at radius 2 is 2.06 bits per heavy atom. The molecule has 1 aliphatic heterocycles. The van der Waals surface area contributed by atoms with Gasteiger partial charge in [0.05, 0.1) is 23.9 Å². The van der Waals surface area contributed by atoms with Crippen LogP contribution in [0, 0.1) is 12.7 Å². The van der Waals surface area contributed by atoms with E-state index in [1.807, 2.05) is 0 Å². The maximum absolute atomic E-state index is 13.8. The number of benzene rings is 1. The molecule has 5 heteroatoms. The van der Waals surface area contributed by atoms with Crippen molar-refractivity contribution in [1.29, 1.82) is 0 Å². The highest BCUT2D eigenvalue weighted by molar-refractivity contribution is 6.52. The summed E-state index contributed by atoms with van der Waals surface area (Å²) < 4.78 is 13.8. The van der Waals surface area contributed by atoms with E-state index in [-0.39, 0.29) is 17.8 Å². The normalized spacial score (nSPS) is 16.4. The average Bonchev–Trinajstić information content (AvgIpc) is 2.43. The SMILES string of the molecule is Cc1cc(F)c2c(c1)C(=O)C(=O)N2CC(C)O. The summed E-state index contributed by atoms with van der Waals surface area (Å²) in [5.74, 6) is -2.12. The van der Waals surface area contributed by atoms with E-state index < -0.39 is 23.6 Å². The molecule has 0 aromatic heterocycles. The van der Waals surface area contributed by atoms with Crippen molar-refractivity contribution in [2.75, 3.05) is 11.4 Å². The van der Waals surface area contributed by atoms with Gasteiger partial charge in [0.15, 0.2) is 0 Å². The molecule has 1 amide bonds. The van der Waals surface area contributed by atoms with Gasteiger partial charge in [0.2, 0.25) is 0 Å². The van der Waals surface area contributed by atoms with E-state index in [9.17, 15) is 19.1 Å². The van der Waals surface area contributed by atoms with Gasteiger partial charge < -0.3 is 5.11 Å². The second kappa shape index (κ2) is 3.92. The smallest absolute Gasteiger partial charge is 0.299 e. The summed E-state index contributed by atoms with van der Waals surface area (Å²) in [6.45, 7) is 3.04. The number of aryl methyl sites for hydroxylation is 1. The molecule has 0 fully saturated rings. The number of amides is 1. The van der Waals surface area contributed by atoms with Crippen molar-refractivity contribution in [2.45, 2.75) is 20.0 Å². The fourth-order valence-electron chi connectivity index (χ4n) is 1.96. The number of carbonyl (C=O) groups is 2. The van der Waals surface area contributed by atoms with Crippen LogP contribution in [0.2, 0.25) is 0 Å². The van der Waals surface area contributed by atoms with Crippen LogP contribution in [0.5, 0.6) is 0 Å². The Bertz CT molecular complexity index is 511. The Morgan fingerprint density at radius 3 is 2.65 bits per heavy atom. The third kappa shape index (κ3) is 1.82. The standard InChI is InChI=1S/C12H12FNO3/c1-6-3-8-10(9(13)4-6)14(5-7(2)15)12(17)11(8)16/h3-4,7,15H,5H2,1-2H3. The number of ketones is 1. The molecule has 1 aromatic rings. The van der Waals surface area contributed by atoms with Crippen LogP contribution in [-0.2, 0) is 4.79 Å². The van der Waals surface area contributed by atoms with Gasteiger partial charge in [-0.15, -0.1) is 0 Å². The lowest BCUT2D eigenvalue weighted by Gasteiger charge is -2.18. The molecule has 0 saturated carbocycles. The van der Waals surface area contributed by atoms with Gasteiger partial charge in [-0.05, 0) is 31.5 Å². The molecule has 1 unspecified atom stereocenters. The van der Waals surface area contributed by atoms with Gasteiger partial charge in [-0.2, -0.15) is 0 Å². The van der Waals surface area contributed by atoms with Crippen molar-refractivity contribution in [3.05, 3.63) is 29.1 Å². The van der Waals surface area contributed by atoms with Crippen LogP contribution >= 0.6 is 0 Å². The number of halogens is 1. The zero-order valence-corrected chi connectivity index (χ0v) is 9.53. The number of nitrogens with zero attached hydrogens (tertiary/aromatic N) is 1. The molecular weight excluding hydrogens is 225 g/mol. The first-order valence-electron chi connectivity index (χ1n) is 5.26. The molecule has 17 heavy (non-hydrogen) atoms. The van der Waals surface area contributed by atoms with E-state index in [0.29, 0.717) is 5.56 Å².